The Morgan fingerprint density at radius 1 is 1.12 bits per heavy atom. The number of rotatable bonds is 4. The quantitative estimate of drug-likeness (QED) is 0.625. The van der Waals surface area contributed by atoms with Gasteiger partial charge < -0.3 is 19.1 Å². The lowest BCUT2D eigenvalue weighted by atomic mass is 10.0. The number of carbonyl (C=O) groups excluding carboxylic acids is 1. The summed E-state index contributed by atoms with van der Waals surface area (Å²) in [6.07, 6.45) is 0.724. The molecule has 2 aliphatic heterocycles. The van der Waals surface area contributed by atoms with Gasteiger partial charge in [0.05, 0.1) is 24.6 Å². The van der Waals surface area contributed by atoms with Crippen LogP contribution in [-0.4, -0.2) is 63.8 Å². The third-order valence-electron chi connectivity index (χ3n) is 6.28. The standard InChI is InChI=1S/C24H28N4O4/c1-16-15-20(25-22-21(16)17(2)26-28(22)19-7-5-4-6-8-19)32-18(3)23(29)27-11-9-24(10-12-27)30-13-14-31-24/h4-8,15,18H,9-14H2,1-3H3. The van der Waals surface area contributed by atoms with Gasteiger partial charge in [-0.25, -0.2) is 4.68 Å². The minimum Gasteiger partial charge on any atom is -0.464 e. The van der Waals surface area contributed by atoms with Crippen molar-refractivity contribution >= 4 is 16.9 Å². The molecule has 2 aromatic heterocycles. The Morgan fingerprint density at radius 2 is 1.81 bits per heavy atom. The van der Waals surface area contributed by atoms with Crippen molar-refractivity contribution in [3.8, 4) is 11.6 Å². The number of nitrogens with zero attached hydrogens (tertiary/aromatic N) is 4. The van der Waals surface area contributed by atoms with Gasteiger partial charge in [0, 0.05) is 37.4 Å². The van der Waals surface area contributed by atoms with Crippen molar-refractivity contribution in [2.75, 3.05) is 26.3 Å². The molecule has 1 amide bonds. The Balaban J connectivity index is 1.35. The highest BCUT2D eigenvalue weighted by molar-refractivity contribution is 5.84. The number of likely N-dealkylation sites (tertiary alicyclic amines) is 1. The summed E-state index contributed by atoms with van der Waals surface area (Å²) < 4.78 is 19.4. The fourth-order valence-electron chi connectivity index (χ4n) is 4.63. The van der Waals surface area contributed by atoms with E-state index in [4.69, 9.17) is 19.2 Å². The molecule has 2 aliphatic rings. The van der Waals surface area contributed by atoms with Crippen LogP contribution >= 0.6 is 0 Å². The van der Waals surface area contributed by atoms with E-state index in [-0.39, 0.29) is 5.91 Å². The molecule has 0 aliphatic carbocycles. The van der Waals surface area contributed by atoms with E-state index in [2.05, 4.69) is 5.10 Å². The van der Waals surface area contributed by atoms with E-state index in [0.29, 0.717) is 45.0 Å². The predicted molar refractivity (Wildman–Crippen MR) is 119 cm³/mol. The lowest BCUT2D eigenvalue weighted by molar-refractivity contribution is -0.188. The lowest BCUT2D eigenvalue weighted by Gasteiger charge is -2.38. The average molecular weight is 437 g/mol. The van der Waals surface area contributed by atoms with Gasteiger partial charge in [-0.1, -0.05) is 18.2 Å². The molecule has 8 heteroatoms. The minimum absolute atomic E-state index is 0.0508. The second-order valence-corrected chi connectivity index (χ2v) is 8.50. The van der Waals surface area contributed by atoms with E-state index in [1.54, 1.807) is 6.92 Å². The highest BCUT2D eigenvalue weighted by Crippen LogP contribution is 2.32. The first-order chi connectivity index (χ1) is 15.5. The van der Waals surface area contributed by atoms with Gasteiger partial charge in [0.1, 0.15) is 0 Å². The number of amides is 1. The van der Waals surface area contributed by atoms with Gasteiger partial charge in [-0.05, 0) is 38.5 Å². The van der Waals surface area contributed by atoms with Crippen molar-refractivity contribution in [1.82, 2.24) is 19.7 Å². The number of piperidine rings is 1. The molecule has 0 saturated carbocycles. The van der Waals surface area contributed by atoms with Crippen LogP contribution in [0.4, 0.5) is 0 Å². The maximum atomic E-state index is 13.0. The Labute approximate surface area is 187 Å². The monoisotopic (exact) mass is 436 g/mol. The van der Waals surface area contributed by atoms with Crippen molar-refractivity contribution in [3.05, 3.63) is 47.7 Å². The summed E-state index contributed by atoms with van der Waals surface area (Å²) in [5.41, 5.74) is 3.57. The first-order valence-corrected chi connectivity index (χ1v) is 11.1. The zero-order valence-corrected chi connectivity index (χ0v) is 18.7. The topological polar surface area (TPSA) is 78.7 Å². The fraction of sp³-hybridized carbons (Fsp3) is 0.458. The number of aromatic nitrogens is 3. The minimum atomic E-state index is -0.645. The largest absolute Gasteiger partial charge is 0.464 e. The average Bonchev–Trinajstić information content (AvgIpc) is 3.39. The highest BCUT2D eigenvalue weighted by atomic mass is 16.7. The molecule has 8 nitrogen and oxygen atoms in total. The third-order valence-corrected chi connectivity index (χ3v) is 6.28. The van der Waals surface area contributed by atoms with Crippen LogP contribution in [0.3, 0.4) is 0 Å². The summed E-state index contributed by atoms with van der Waals surface area (Å²) >= 11 is 0. The van der Waals surface area contributed by atoms with Crippen LogP contribution in [0.25, 0.3) is 16.7 Å². The van der Waals surface area contributed by atoms with Gasteiger partial charge in [-0.15, -0.1) is 0 Å². The van der Waals surface area contributed by atoms with E-state index in [1.165, 1.54) is 0 Å². The van der Waals surface area contributed by atoms with Gasteiger partial charge in [0.2, 0.25) is 5.88 Å². The molecule has 168 valence electrons. The summed E-state index contributed by atoms with van der Waals surface area (Å²) in [4.78, 5) is 19.6. The zero-order valence-electron chi connectivity index (χ0n) is 18.7. The second-order valence-electron chi connectivity index (χ2n) is 8.50. The summed E-state index contributed by atoms with van der Waals surface area (Å²) in [5.74, 6) is -0.132. The second kappa shape index (κ2) is 8.18. The van der Waals surface area contributed by atoms with Crippen LogP contribution in [0, 0.1) is 13.8 Å². The molecule has 0 radical (unpaired) electrons. The Hall–Kier alpha value is -2.97. The summed E-state index contributed by atoms with van der Waals surface area (Å²) in [7, 11) is 0. The van der Waals surface area contributed by atoms with Gasteiger partial charge in [-0.2, -0.15) is 10.1 Å². The molecule has 2 saturated heterocycles. The maximum absolute atomic E-state index is 13.0. The van der Waals surface area contributed by atoms with Gasteiger partial charge in [-0.3, -0.25) is 4.79 Å². The fourth-order valence-corrected chi connectivity index (χ4v) is 4.63. The van der Waals surface area contributed by atoms with E-state index in [1.807, 2.05) is 59.8 Å². The maximum Gasteiger partial charge on any atom is 0.263 e. The number of pyridine rings is 1. The van der Waals surface area contributed by atoms with E-state index in [9.17, 15) is 4.79 Å². The van der Waals surface area contributed by atoms with Crippen molar-refractivity contribution < 1.29 is 19.0 Å². The Morgan fingerprint density at radius 3 is 2.50 bits per heavy atom. The first-order valence-electron chi connectivity index (χ1n) is 11.1. The normalized spacial score (nSPS) is 18.9. The summed E-state index contributed by atoms with van der Waals surface area (Å²) in [5, 5.41) is 5.68. The van der Waals surface area contributed by atoms with Crippen LogP contribution in [-0.2, 0) is 14.3 Å². The van der Waals surface area contributed by atoms with Crippen molar-refractivity contribution in [2.45, 2.75) is 45.5 Å². The Bertz CT molecular complexity index is 1130. The van der Waals surface area contributed by atoms with Crippen molar-refractivity contribution in [2.24, 2.45) is 0 Å². The Kier molecular flexibility index (Phi) is 5.35. The molecule has 0 bridgehead atoms. The molecule has 1 aromatic carbocycles. The van der Waals surface area contributed by atoms with Crippen molar-refractivity contribution in [3.63, 3.8) is 0 Å². The number of hydrogen-bond acceptors (Lipinski definition) is 6. The number of fused-ring (bicyclic) bond motifs is 1. The number of aryl methyl sites for hydroxylation is 2. The van der Waals surface area contributed by atoms with Crippen molar-refractivity contribution in [1.29, 1.82) is 0 Å². The molecular formula is C24H28N4O4. The summed E-state index contributed by atoms with van der Waals surface area (Å²) in [6, 6.07) is 11.8. The van der Waals surface area contributed by atoms with E-state index < -0.39 is 11.9 Å². The van der Waals surface area contributed by atoms with Crippen LogP contribution in [0.1, 0.15) is 31.0 Å². The SMILES string of the molecule is Cc1cc(OC(C)C(=O)N2CCC3(CC2)OCCO3)nc2c1c(C)nn2-c1ccccc1. The van der Waals surface area contributed by atoms with Gasteiger partial charge >= 0.3 is 0 Å². The number of hydrogen-bond donors (Lipinski definition) is 0. The third kappa shape index (κ3) is 3.73. The lowest BCUT2D eigenvalue weighted by Crippen LogP contribution is -2.50. The molecule has 0 N–H and O–H groups in total. The first kappa shape index (κ1) is 20.9. The molecule has 1 atom stereocenters. The molecule has 1 unspecified atom stereocenters. The van der Waals surface area contributed by atoms with Crippen LogP contribution in [0.15, 0.2) is 36.4 Å². The van der Waals surface area contributed by atoms with Gasteiger partial charge in [0.25, 0.3) is 5.91 Å². The number of benzene rings is 1. The molecule has 3 aromatic rings. The van der Waals surface area contributed by atoms with E-state index >= 15 is 0 Å². The number of carbonyl (C=O) groups is 1. The number of para-hydroxylation sites is 1. The van der Waals surface area contributed by atoms with Gasteiger partial charge in [0.15, 0.2) is 17.5 Å². The van der Waals surface area contributed by atoms with E-state index in [0.717, 1.165) is 28.0 Å². The molecule has 5 rings (SSSR count). The molecule has 4 heterocycles. The molecule has 2 fully saturated rings. The highest BCUT2D eigenvalue weighted by Gasteiger charge is 2.41. The van der Waals surface area contributed by atoms with Crippen LogP contribution in [0.2, 0.25) is 0 Å². The summed E-state index contributed by atoms with van der Waals surface area (Å²) in [6.45, 7) is 8.20. The molecule has 32 heavy (non-hydrogen) atoms. The molecular weight excluding hydrogens is 408 g/mol. The zero-order chi connectivity index (χ0) is 22.3. The van der Waals surface area contributed by atoms with Crippen LogP contribution < -0.4 is 4.74 Å². The van der Waals surface area contributed by atoms with Crippen LogP contribution in [0.5, 0.6) is 5.88 Å². The number of ether oxygens (including phenoxy) is 3. The smallest absolute Gasteiger partial charge is 0.263 e. The predicted octanol–water partition coefficient (Wildman–Crippen LogP) is 3.17. The molecule has 1 spiro atoms.